The van der Waals surface area contributed by atoms with E-state index in [0.717, 1.165) is 44.9 Å². The van der Waals surface area contributed by atoms with Crippen LogP contribution in [0.5, 0.6) is 5.75 Å². The lowest BCUT2D eigenvalue weighted by molar-refractivity contribution is -0.133. The summed E-state index contributed by atoms with van der Waals surface area (Å²) in [5.41, 5.74) is 5.70. The Hall–Kier alpha value is -1.30. The molecule has 1 aliphatic heterocycles. The van der Waals surface area contributed by atoms with Crippen molar-refractivity contribution in [1.82, 2.24) is 9.80 Å². The highest BCUT2D eigenvalue weighted by molar-refractivity contribution is 6.32. The van der Waals surface area contributed by atoms with Crippen molar-refractivity contribution < 1.29 is 9.53 Å². The number of hydrogen-bond donors (Lipinski definition) is 1. The number of ether oxygens (including phenoxy) is 1. The van der Waals surface area contributed by atoms with Gasteiger partial charge in [-0.2, -0.15) is 0 Å². The highest BCUT2D eigenvalue weighted by Crippen LogP contribution is 2.22. The molecule has 1 unspecified atom stereocenters. The van der Waals surface area contributed by atoms with Gasteiger partial charge in [-0.05, 0) is 25.5 Å². The molecule has 1 fully saturated rings. The Balaban J connectivity index is 1.65. The molecular formula is C17H26ClN3O2. The van der Waals surface area contributed by atoms with Crippen LogP contribution in [0.4, 0.5) is 0 Å². The molecule has 1 saturated heterocycles. The zero-order valence-electron chi connectivity index (χ0n) is 13.7. The van der Waals surface area contributed by atoms with Crippen molar-refractivity contribution in [3.05, 3.63) is 29.3 Å². The minimum atomic E-state index is 0.0854. The fourth-order valence-electron chi connectivity index (χ4n) is 2.58. The third-order valence-electron chi connectivity index (χ3n) is 4.04. The summed E-state index contributed by atoms with van der Waals surface area (Å²) in [5, 5.41) is 0.636. The van der Waals surface area contributed by atoms with Crippen LogP contribution in [0.15, 0.2) is 24.3 Å². The van der Waals surface area contributed by atoms with E-state index in [1.807, 2.05) is 36.1 Å². The zero-order chi connectivity index (χ0) is 16.7. The van der Waals surface area contributed by atoms with Crippen molar-refractivity contribution in [3.63, 3.8) is 0 Å². The van der Waals surface area contributed by atoms with Crippen LogP contribution in [-0.2, 0) is 4.79 Å². The van der Waals surface area contributed by atoms with Gasteiger partial charge in [-0.25, -0.2) is 0 Å². The number of nitrogens with zero attached hydrogens (tertiary/aromatic N) is 2. The Bertz CT molecular complexity index is 502. The van der Waals surface area contributed by atoms with Crippen molar-refractivity contribution in [1.29, 1.82) is 0 Å². The fourth-order valence-corrected chi connectivity index (χ4v) is 2.77. The Kier molecular flexibility index (Phi) is 7.15. The molecule has 6 heteroatoms. The van der Waals surface area contributed by atoms with E-state index in [0.29, 0.717) is 18.1 Å². The van der Waals surface area contributed by atoms with Gasteiger partial charge in [-0.3, -0.25) is 9.69 Å². The lowest BCUT2D eigenvalue weighted by Crippen LogP contribution is -2.49. The number of carbonyl (C=O) groups excluding carboxylic acids is 1. The normalized spacial score (nSPS) is 17.1. The van der Waals surface area contributed by atoms with Gasteiger partial charge in [0.1, 0.15) is 12.4 Å². The van der Waals surface area contributed by atoms with Crippen LogP contribution in [0.25, 0.3) is 0 Å². The van der Waals surface area contributed by atoms with E-state index in [-0.39, 0.29) is 11.9 Å². The maximum atomic E-state index is 12.1. The van der Waals surface area contributed by atoms with Gasteiger partial charge in [0.25, 0.3) is 0 Å². The molecule has 1 aliphatic rings. The van der Waals surface area contributed by atoms with Crippen molar-refractivity contribution in [2.75, 3.05) is 39.3 Å². The standard InChI is InChI=1S/C17H26ClN3O2/c1-14(19)6-7-17(22)21-10-8-20(9-11-21)12-13-23-16-5-3-2-4-15(16)18/h2-5,14H,6-13,19H2,1H3. The van der Waals surface area contributed by atoms with Crippen LogP contribution in [-0.4, -0.2) is 61.1 Å². The molecule has 1 aromatic rings. The lowest BCUT2D eigenvalue weighted by atomic mass is 10.1. The molecule has 5 nitrogen and oxygen atoms in total. The van der Waals surface area contributed by atoms with Crippen LogP contribution in [0.2, 0.25) is 5.02 Å². The van der Waals surface area contributed by atoms with Gasteiger partial charge < -0.3 is 15.4 Å². The molecule has 1 atom stereocenters. The highest BCUT2D eigenvalue weighted by atomic mass is 35.5. The van der Waals surface area contributed by atoms with Gasteiger partial charge in [-0.1, -0.05) is 23.7 Å². The van der Waals surface area contributed by atoms with E-state index in [1.165, 1.54) is 0 Å². The Morgan fingerprint density at radius 2 is 2.00 bits per heavy atom. The minimum absolute atomic E-state index is 0.0854. The van der Waals surface area contributed by atoms with E-state index in [9.17, 15) is 4.79 Å². The van der Waals surface area contributed by atoms with Crippen LogP contribution in [0.3, 0.4) is 0 Å². The Labute approximate surface area is 143 Å². The van der Waals surface area contributed by atoms with Crippen LogP contribution in [0, 0.1) is 0 Å². The van der Waals surface area contributed by atoms with Crippen molar-refractivity contribution in [3.8, 4) is 5.75 Å². The molecule has 0 saturated carbocycles. The average Bonchev–Trinajstić information content (AvgIpc) is 2.55. The topological polar surface area (TPSA) is 58.8 Å². The number of piperazine rings is 1. The average molecular weight is 340 g/mol. The first kappa shape index (κ1) is 18.0. The summed E-state index contributed by atoms with van der Waals surface area (Å²) in [6.45, 7) is 6.71. The van der Waals surface area contributed by atoms with E-state index in [2.05, 4.69) is 4.90 Å². The molecule has 1 aromatic carbocycles. The second-order valence-electron chi connectivity index (χ2n) is 6.02. The van der Waals surface area contributed by atoms with E-state index >= 15 is 0 Å². The van der Waals surface area contributed by atoms with Crippen molar-refractivity contribution in [2.45, 2.75) is 25.8 Å². The molecule has 0 spiro atoms. The zero-order valence-corrected chi connectivity index (χ0v) is 14.5. The first-order valence-corrected chi connectivity index (χ1v) is 8.57. The molecule has 0 bridgehead atoms. The molecule has 128 valence electrons. The van der Waals surface area contributed by atoms with Gasteiger partial charge in [0, 0.05) is 45.2 Å². The Morgan fingerprint density at radius 3 is 2.65 bits per heavy atom. The number of para-hydroxylation sites is 1. The SMILES string of the molecule is CC(N)CCC(=O)N1CCN(CCOc2ccccc2Cl)CC1. The monoisotopic (exact) mass is 339 g/mol. The number of halogens is 1. The van der Waals surface area contributed by atoms with Crippen LogP contribution in [0.1, 0.15) is 19.8 Å². The molecule has 0 radical (unpaired) electrons. The molecule has 0 aromatic heterocycles. The van der Waals surface area contributed by atoms with Gasteiger partial charge in [0.15, 0.2) is 0 Å². The van der Waals surface area contributed by atoms with Crippen LogP contribution >= 0.6 is 11.6 Å². The summed E-state index contributed by atoms with van der Waals surface area (Å²) in [4.78, 5) is 16.3. The first-order valence-electron chi connectivity index (χ1n) is 8.19. The number of nitrogens with two attached hydrogens (primary N) is 1. The predicted molar refractivity (Wildman–Crippen MR) is 92.9 cm³/mol. The number of benzene rings is 1. The summed E-state index contributed by atoms with van der Waals surface area (Å²) in [6, 6.07) is 7.58. The molecule has 23 heavy (non-hydrogen) atoms. The number of hydrogen-bond acceptors (Lipinski definition) is 4. The second-order valence-corrected chi connectivity index (χ2v) is 6.42. The number of carbonyl (C=O) groups is 1. The molecule has 1 heterocycles. The second kappa shape index (κ2) is 9.11. The molecule has 0 aliphatic carbocycles. The Morgan fingerprint density at radius 1 is 1.30 bits per heavy atom. The van der Waals surface area contributed by atoms with Gasteiger partial charge >= 0.3 is 0 Å². The molecular weight excluding hydrogens is 314 g/mol. The van der Waals surface area contributed by atoms with Gasteiger partial charge in [0.05, 0.1) is 5.02 Å². The number of amides is 1. The summed E-state index contributed by atoms with van der Waals surface area (Å²) in [5.74, 6) is 0.938. The highest BCUT2D eigenvalue weighted by Gasteiger charge is 2.20. The van der Waals surface area contributed by atoms with Gasteiger partial charge in [0.2, 0.25) is 5.91 Å². The van der Waals surface area contributed by atoms with Crippen molar-refractivity contribution in [2.24, 2.45) is 5.73 Å². The molecule has 2 rings (SSSR count). The summed E-state index contributed by atoms with van der Waals surface area (Å²) >= 11 is 6.06. The van der Waals surface area contributed by atoms with Crippen LogP contribution < -0.4 is 10.5 Å². The molecule has 2 N–H and O–H groups in total. The summed E-state index contributed by atoms with van der Waals surface area (Å²) < 4.78 is 5.71. The maximum Gasteiger partial charge on any atom is 0.222 e. The van der Waals surface area contributed by atoms with E-state index in [1.54, 1.807) is 0 Å². The third-order valence-corrected chi connectivity index (χ3v) is 4.35. The number of rotatable bonds is 7. The predicted octanol–water partition coefficient (Wildman–Crippen LogP) is 1.99. The summed E-state index contributed by atoms with van der Waals surface area (Å²) in [6.07, 6.45) is 1.30. The fraction of sp³-hybridized carbons (Fsp3) is 0.588. The van der Waals surface area contributed by atoms with Crippen molar-refractivity contribution >= 4 is 17.5 Å². The third kappa shape index (κ3) is 6.01. The minimum Gasteiger partial charge on any atom is -0.491 e. The van der Waals surface area contributed by atoms with Gasteiger partial charge in [-0.15, -0.1) is 0 Å². The first-order chi connectivity index (χ1) is 11.1. The van der Waals surface area contributed by atoms with E-state index in [4.69, 9.17) is 22.1 Å². The molecule has 1 amide bonds. The summed E-state index contributed by atoms with van der Waals surface area (Å²) in [7, 11) is 0. The maximum absolute atomic E-state index is 12.1. The quantitative estimate of drug-likeness (QED) is 0.825. The smallest absolute Gasteiger partial charge is 0.222 e. The van der Waals surface area contributed by atoms with E-state index < -0.39 is 0 Å². The largest absolute Gasteiger partial charge is 0.491 e. The lowest BCUT2D eigenvalue weighted by Gasteiger charge is -2.34.